The number of hydrogen-bond acceptors (Lipinski definition) is 5. The van der Waals surface area contributed by atoms with E-state index < -0.39 is 10.0 Å². The van der Waals surface area contributed by atoms with Crippen LogP contribution in [0.5, 0.6) is 0 Å². The van der Waals surface area contributed by atoms with Crippen molar-refractivity contribution in [2.24, 2.45) is 10.8 Å². The van der Waals surface area contributed by atoms with Crippen LogP contribution in [0.4, 0.5) is 0 Å². The Morgan fingerprint density at radius 1 is 1.00 bits per heavy atom. The molecule has 3 saturated carbocycles. The Hall–Kier alpha value is -2.19. The summed E-state index contributed by atoms with van der Waals surface area (Å²) in [5.41, 5.74) is 1.48. The first kappa shape index (κ1) is 23.2. The zero-order valence-electron chi connectivity index (χ0n) is 19.4. The first-order chi connectivity index (χ1) is 16.9. The number of aromatic nitrogens is 1. The van der Waals surface area contributed by atoms with Gasteiger partial charge in [-0.05, 0) is 73.1 Å². The number of aliphatic hydroxyl groups excluding tert-OH is 1. The molecule has 3 aliphatic carbocycles. The number of nitrogens with zero attached hydrogens (tertiary/aromatic N) is 2. The molecule has 1 aromatic heterocycles. The molecule has 2 aromatic carbocycles. The van der Waals surface area contributed by atoms with Crippen molar-refractivity contribution in [1.82, 2.24) is 9.29 Å². The Morgan fingerprint density at radius 3 is 2.31 bits per heavy atom. The van der Waals surface area contributed by atoms with Gasteiger partial charge in [-0.2, -0.15) is 4.31 Å². The van der Waals surface area contributed by atoms with Gasteiger partial charge in [0, 0.05) is 28.6 Å². The van der Waals surface area contributed by atoms with Gasteiger partial charge in [0.25, 0.3) is 0 Å². The highest BCUT2D eigenvalue weighted by atomic mass is 35.5. The summed E-state index contributed by atoms with van der Waals surface area (Å²) in [6, 6.07) is 14.0. The molecule has 184 valence electrons. The highest BCUT2D eigenvalue weighted by molar-refractivity contribution is 7.89. The van der Waals surface area contributed by atoms with E-state index in [9.17, 15) is 13.5 Å². The third-order valence-electron chi connectivity index (χ3n) is 8.55. The van der Waals surface area contributed by atoms with Gasteiger partial charge in [-0.3, -0.25) is 0 Å². The smallest absolute Gasteiger partial charge is 0.243 e. The van der Waals surface area contributed by atoms with Crippen LogP contribution in [0.2, 0.25) is 5.02 Å². The normalized spacial score (nSPS) is 30.0. The van der Waals surface area contributed by atoms with E-state index in [1.165, 1.54) is 6.26 Å². The summed E-state index contributed by atoms with van der Waals surface area (Å²) in [5, 5.41) is 11.2. The summed E-state index contributed by atoms with van der Waals surface area (Å²) >= 11 is 6.05. The van der Waals surface area contributed by atoms with E-state index in [4.69, 9.17) is 16.0 Å². The number of fused-ring (bicyclic) bond motifs is 1. The highest BCUT2D eigenvalue weighted by Gasteiger charge is 2.76. The molecule has 4 atom stereocenters. The lowest BCUT2D eigenvalue weighted by atomic mass is 9.80. The molecule has 0 amide bonds. The predicted octanol–water partition coefficient (Wildman–Crippen LogP) is 5.66. The molecular formula is C27H29ClN2O4S. The Kier molecular flexibility index (Phi) is 5.60. The van der Waals surface area contributed by atoms with Gasteiger partial charge in [0.05, 0.1) is 17.2 Å². The first-order valence-corrected chi connectivity index (χ1v) is 14.1. The largest absolute Gasteiger partial charge is 0.445 e. The lowest BCUT2D eigenvalue weighted by Crippen LogP contribution is -2.38. The van der Waals surface area contributed by atoms with E-state index in [2.05, 4.69) is 4.98 Å². The average Bonchev–Trinajstić information content (AvgIpc) is 3.68. The standard InChI is InChI=1S/C27H29ClN2O4S/c28-21-8-10-22(11-9-21)35(32,33)30(18-19-4-6-20(7-5-19)25-29-14-15-34-25)23-16-26(23)12-2-1-3-13-27(26)17-24(27)31/h4-11,14-15,23-24,31H,1-3,12-13,16-18H2/t23?,24-,26?,27?/m1/s1. The molecule has 8 heteroatoms. The van der Waals surface area contributed by atoms with Crippen molar-refractivity contribution in [2.75, 3.05) is 0 Å². The predicted molar refractivity (Wildman–Crippen MR) is 133 cm³/mol. The second-order valence-electron chi connectivity index (χ2n) is 10.4. The molecule has 6 nitrogen and oxygen atoms in total. The van der Waals surface area contributed by atoms with Gasteiger partial charge >= 0.3 is 0 Å². The van der Waals surface area contributed by atoms with Crippen molar-refractivity contribution < 1.29 is 17.9 Å². The fourth-order valence-electron chi connectivity index (χ4n) is 6.52. The summed E-state index contributed by atoms with van der Waals surface area (Å²) < 4.78 is 35.1. The van der Waals surface area contributed by atoms with E-state index in [0.29, 0.717) is 10.9 Å². The van der Waals surface area contributed by atoms with Crippen molar-refractivity contribution in [3.05, 3.63) is 71.6 Å². The first-order valence-electron chi connectivity index (χ1n) is 12.3. The van der Waals surface area contributed by atoms with Crippen molar-refractivity contribution in [3.8, 4) is 11.5 Å². The van der Waals surface area contributed by atoms with Crippen LogP contribution < -0.4 is 0 Å². The Bertz CT molecular complexity index is 1310. The Balaban J connectivity index is 1.35. The molecule has 3 aliphatic rings. The van der Waals surface area contributed by atoms with Crippen molar-refractivity contribution in [2.45, 2.75) is 68.5 Å². The summed E-state index contributed by atoms with van der Waals surface area (Å²) in [6.45, 7) is 0.273. The molecular weight excluding hydrogens is 484 g/mol. The zero-order valence-corrected chi connectivity index (χ0v) is 21.0. The fraction of sp³-hybridized carbons (Fsp3) is 0.444. The zero-order chi connectivity index (χ0) is 24.3. The molecule has 0 saturated heterocycles. The second kappa shape index (κ2) is 8.44. The van der Waals surface area contributed by atoms with Crippen LogP contribution in [0.15, 0.2) is 70.3 Å². The molecule has 6 rings (SSSR count). The summed E-state index contributed by atoms with van der Waals surface area (Å²) in [6.07, 6.45) is 9.74. The minimum atomic E-state index is -3.77. The SMILES string of the molecule is O=S(=O)(c1ccc(Cl)cc1)N(Cc1ccc(-c2ncco2)cc1)C1CC12CCCCCC21C[C@H]1O. The van der Waals surface area contributed by atoms with Crippen molar-refractivity contribution >= 4 is 21.6 Å². The minimum absolute atomic E-state index is 0.121. The monoisotopic (exact) mass is 512 g/mol. The van der Waals surface area contributed by atoms with Gasteiger partial charge in [0.2, 0.25) is 15.9 Å². The number of sulfonamides is 1. The molecule has 3 aromatic rings. The van der Waals surface area contributed by atoms with Crippen LogP contribution in [-0.4, -0.2) is 35.0 Å². The van der Waals surface area contributed by atoms with Crippen molar-refractivity contribution in [3.63, 3.8) is 0 Å². The molecule has 0 aliphatic heterocycles. The number of hydrogen-bond donors (Lipinski definition) is 1. The van der Waals surface area contributed by atoms with Gasteiger partial charge in [-0.25, -0.2) is 13.4 Å². The van der Waals surface area contributed by atoms with Crippen LogP contribution in [0.1, 0.15) is 50.5 Å². The van der Waals surface area contributed by atoms with Gasteiger partial charge in [0.15, 0.2) is 0 Å². The number of rotatable bonds is 6. The molecule has 0 bridgehead atoms. The van der Waals surface area contributed by atoms with Crippen LogP contribution >= 0.6 is 11.6 Å². The molecule has 0 radical (unpaired) electrons. The fourth-order valence-corrected chi connectivity index (χ4v) is 8.32. The maximum Gasteiger partial charge on any atom is 0.243 e. The molecule has 1 N–H and O–H groups in total. The third-order valence-corrected chi connectivity index (χ3v) is 10.7. The summed E-state index contributed by atoms with van der Waals surface area (Å²) in [4.78, 5) is 4.44. The van der Waals surface area contributed by atoms with Gasteiger partial charge in [0.1, 0.15) is 6.26 Å². The van der Waals surface area contributed by atoms with E-state index in [-0.39, 0.29) is 34.4 Å². The quantitative estimate of drug-likeness (QED) is 0.460. The summed E-state index contributed by atoms with van der Waals surface area (Å²) in [5.74, 6) is 0.534. The number of oxazole rings is 1. The molecule has 1 heterocycles. The van der Waals surface area contributed by atoms with E-state index in [1.807, 2.05) is 24.3 Å². The number of halogens is 1. The van der Waals surface area contributed by atoms with E-state index in [0.717, 1.165) is 56.1 Å². The molecule has 2 spiro atoms. The Morgan fingerprint density at radius 2 is 1.69 bits per heavy atom. The number of benzene rings is 2. The lowest BCUT2D eigenvalue weighted by molar-refractivity contribution is 0.131. The molecule has 35 heavy (non-hydrogen) atoms. The van der Waals surface area contributed by atoms with Gasteiger partial charge in [-0.15, -0.1) is 0 Å². The third kappa shape index (κ3) is 3.84. The van der Waals surface area contributed by atoms with Crippen LogP contribution in [0, 0.1) is 10.8 Å². The molecule has 3 unspecified atom stereocenters. The topological polar surface area (TPSA) is 83.6 Å². The maximum atomic E-state index is 14.0. The van der Waals surface area contributed by atoms with E-state index >= 15 is 0 Å². The second-order valence-corrected chi connectivity index (χ2v) is 12.7. The number of aliphatic hydroxyl groups is 1. The highest BCUT2D eigenvalue weighted by Crippen LogP contribution is 2.76. The van der Waals surface area contributed by atoms with E-state index in [1.54, 1.807) is 34.8 Å². The maximum absolute atomic E-state index is 14.0. The van der Waals surface area contributed by atoms with Gasteiger partial charge < -0.3 is 9.52 Å². The molecule has 3 fully saturated rings. The minimum Gasteiger partial charge on any atom is -0.445 e. The van der Waals surface area contributed by atoms with Crippen LogP contribution in [0.3, 0.4) is 0 Å². The van der Waals surface area contributed by atoms with Gasteiger partial charge in [-0.1, -0.05) is 43.0 Å². The lowest BCUT2D eigenvalue weighted by Gasteiger charge is -2.31. The Labute approximate surface area is 211 Å². The van der Waals surface area contributed by atoms with Crippen molar-refractivity contribution in [1.29, 1.82) is 0 Å². The van der Waals surface area contributed by atoms with Crippen LogP contribution in [-0.2, 0) is 16.6 Å². The van der Waals surface area contributed by atoms with Crippen LogP contribution in [0.25, 0.3) is 11.5 Å². The average molecular weight is 513 g/mol. The summed E-state index contributed by atoms with van der Waals surface area (Å²) in [7, 11) is -3.77.